The number of phenolic OH excluding ortho intramolecular Hbond substituents is 1. The Hall–Kier alpha value is -3.59. The molecule has 5 rings (SSSR count). The first kappa shape index (κ1) is 15.6. The van der Waals surface area contributed by atoms with E-state index in [9.17, 15) is 9.90 Å². The molecule has 0 bridgehead atoms. The van der Waals surface area contributed by atoms with Crippen LogP contribution in [-0.2, 0) is 10.3 Å². The minimum atomic E-state index is -0.985. The summed E-state index contributed by atoms with van der Waals surface area (Å²) in [6.45, 7) is 0. The minimum Gasteiger partial charge on any atom is -0.508 e. The average molecular weight is 352 g/mol. The molecule has 4 aromatic carbocycles. The smallest absolute Gasteiger partial charge is 0.340 e. The van der Waals surface area contributed by atoms with Crippen molar-refractivity contribution in [1.82, 2.24) is 0 Å². The maximum atomic E-state index is 12.7. The highest BCUT2D eigenvalue weighted by atomic mass is 16.6. The summed E-state index contributed by atoms with van der Waals surface area (Å²) in [5.41, 5.74) is 2.24. The van der Waals surface area contributed by atoms with Crippen LogP contribution in [-0.4, -0.2) is 11.1 Å². The van der Waals surface area contributed by atoms with E-state index in [0.717, 1.165) is 27.5 Å². The molecular formula is C24H16O3. The Kier molecular flexibility index (Phi) is 3.31. The van der Waals surface area contributed by atoms with Crippen molar-refractivity contribution in [3.05, 3.63) is 113 Å². The Balaban J connectivity index is 1.83. The van der Waals surface area contributed by atoms with Crippen LogP contribution >= 0.6 is 0 Å². The van der Waals surface area contributed by atoms with E-state index in [1.807, 2.05) is 72.8 Å². The highest BCUT2D eigenvalue weighted by molar-refractivity contribution is 5.96. The third-order valence-electron chi connectivity index (χ3n) is 5.18. The van der Waals surface area contributed by atoms with E-state index in [1.165, 1.54) is 0 Å². The van der Waals surface area contributed by atoms with Gasteiger partial charge in [-0.25, -0.2) is 4.79 Å². The molecule has 0 saturated carbocycles. The number of hydrogen-bond donors (Lipinski definition) is 1. The summed E-state index contributed by atoms with van der Waals surface area (Å²) < 4.78 is 6.08. The Labute approximate surface area is 156 Å². The van der Waals surface area contributed by atoms with Crippen LogP contribution in [0.5, 0.6) is 5.75 Å². The van der Waals surface area contributed by atoms with Crippen LogP contribution in [0.4, 0.5) is 0 Å². The van der Waals surface area contributed by atoms with Crippen LogP contribution in [0.15, 0.2) is 91.0 Å². The Morgan fingerprint density at radius 2 is 1.41 bits per heavy atom. The number of rotatable bonds is 2. The largest absolute Gasteiger partial charge is 0.508 e. The lowest BCUT2D eigenvalue weighted by molar-refractivity contribution is 0.0252. The van der Waals surface area contributed by atoms with Gasteiger partial charge in [0.2, 0.25) is 0 Å². The van der Waals surface area contributed by atoms with Crippen molar-refractivity contribution in [3.63, 3.8) is 0 Å². The van der Waals surface area contributed by atoms with Gasteiger partial charge in [-0.3, -0.25) is 0 Å². The molecule has 3 nitrogen and oxygen atoms in total. The van der Waals surface area contributed by atoms with Crippen LogP contribution in [0.1, 0.15) is 27.0 Å². The number of fused-ring (bicyclic) bond motifs is 2. The van der Waals surface area contributed by atoms with Gasteiger partial charge in [-0.05, 0) is 35.0 Å². The van der Waals surface area contributed by atoms with Gasteiger partial charge < -0.3 is 9.84 Å². The number of esters is 1. The van der Waals surface area contributed by atoms with E-state index >= 15 is 0 Å². The number of aromatic hydroxyl groups is 1. The molecular weight excluding hydrogens is 336 g/mol. The van der Waals surface area contributed by atoms with Crippen LogP contribution in [0, 0.1) is 0 Å². The second-order valence-corrected chi connectivity index (χ2v) is 6.73. The first-order valence-corrected chi connectivity index (χ1v) is 8.80. The molecule has 1 atom stereocenters. The SMILES string of the molecule is O=C1O[C@@](c2ccccc2)(c2ccc3cc(O)ccc3c2)c2ccccc21. The molecule has 0 spiro atoms. The van der Waals surface area contributed by atoms with E-state index < -0.39 is 5.60 Å². The van der Waals surface area contributed by atoms with E-state index in [2.05, 4.69) is 0 Å². The first-order valence-electron chi connectivity index (χ1n) is 8.80. The van der Waals surface area contributed by atoms with Gasteiger partial charge in [-0.2, -0.15) is 0 Å². The summed E-state index contributed by atoms with van der Waals surface area (Å²) >= 11 is 0. The van der Waals surface area contributed by atoms with E-state index in [1.54, 1.807) is 18.2 Å². The van der Waals surface area contributed by atoms with Gasteiger partial charge in [0.25, 0.3) is 0 Å². The van der Waals surface area contributed by atoms with Gasteiger partial charge in [0, 0.05) is 16.7 Å². The number of carbonyl (C=O) groups excluding carboxylic acids is 1. The van der Waals surface area contributed by atoms with E-state index in [0.29, 0.717) is 5.56 Å². The highest BCUT2D eigenvalue weighted by Crippen LogP contribution is 2.47. The van der Waals surface area contributed by atoms with Crippen LogP contribution in [0.2, 0.25) is 0 Å². The van der Waals surface area contributed by atoms with Gasteiger partial charge in [0.15, 0.2) is 5.60 Å². The molecule has 1 heterocycles. The lowest BCUT2D eigenvalue weighted by Gasteiger charge is -2.30. The summed E-state index contributed by atoms with van der Waals surface area (Å²) in [5, 5.41) is 11.6. The zero-order valence-corrected chi connectivity index (χ0v) is 14.4. The number of ether oxygens (including phenoxy) is 1. The summed E-state index contributed by atoms with van der Waals surface area (Å²) in [4.78, 5) is 12.7. The van der Waals surface area contributed by atoms with Crippen LogP contribution < -0.4 is 0 Å². The zero-order valence-electron chi connectivity index (χ0n) is 14.4. The quantitative estimate of drug-likeness (QED) is 0.516. The van der Waals surface area contributed by atoms with Crippen LogP contribution in [0.3, 0.4) is 0 Å². The molecule has 3 heteroatoms. The molecule has 1 aliphatic heterocycles. The molecule has 130 valence electrons. The number of cyclic esters (lactones) is 1. The van der Waals surface area contributed by atoms with Crippen molar-refractivity contribution in [2.24, 2.45) is 0 Å². The van der Waals surface area contributed by atoms with Crippen molar-refractivity contribution < 1.29 is 14.6 Å². The summed E-state index contributed by atoms with van der Waals surface area (Å²) in [7, 11) is 0. The Morgan fingerprint density at radius 3 is 2.26 bits per heavy atom. The summed E-state index contributed by atoms with van der Waals surface area (Å²) in [6, 6.07) is 28.5. The number of benzene rings is 4. The topological polar surface area (TPSA) is 46.5 Å². The number of phenols is 1. The predicted octanol–water partition coefficient (Wildman–Crippen LogP) is 5.01. The molecule has 1 aliphatic rings. The fraction of sp³-hybridized carbons (Fsp3) is 0.0417. The normalized spacial score (nSPS) is 18.3. The number of carbonyl (C=O) groups is 1. The van der Waals surface area contributed by atoms with Gasteiger partial charge in [0.05, 0.1) is 5.56 Å². The first-order chi connectivity index (χ1) is 13.2. The maximum absolute atomic E-state index is 12.7. The monoisotopic (exact) mass is 352 g/mol. The highest BCUT2D eigenvalue weighted by Gasteiger charge is 2.48. The predicted molar refractivity (Wildman–Crippen MR) is 104 cm³/mol. The summed E-state index contributed by atoms with van der Waals surface area (Å²) in [6.07, 6.45) is 0. The standard InChI is InChI=1S/C24H16O3/c25-20-13-11-16-14-19(12-10-17(16)15-20)24(18-6-2-1-3-7-18)22-9-5-4-8-21(22)23(26)27-24/h1-15,25H/t24-/m0/s1. The van der Waals surface area contributed by atoms with Crippen molar-refractivity contribution in [2.75, 3.05) is 0 Å². The molecule has 0 amide bonds. The van der Waals surface area contributed by atoms with Crippen molar-refractivity contribution in [2.45, 2.75) is 5.60 Å². The van der Waals surface area contributed by atoms with E-state index in [-0.39, 0.29) is 11.7 Å². The molecule has 0 unspecified atom stereocenters. The fourth-order valence-corrected chi connectivity index (χ4v) is 3.94. The lowest BCUT2D eigenvalue weighted by Crippen LogP contribution is -2.29. The zero-order chi connectivity index (χ0) is 18.4. The number of hydrogen-bond acceptors (Lipinski definition) is 3. The van der Waals surface area contributed by atoms with Gasteiger partial charge in [-0.1, -0.05) is 66.7 Å². The third kappa shape index (κ3) is 2.25. The van der Waals surface area contributed by atoms with Crippen LogP contribution in [0.25, 0.3) is 10.8 Å². The molecule has 27 heavy (non-hydrogen) atoms. The second-order valence-electron chi connectivity index (χ2n) is 6.73. The molecule has 0 saturated heterocycles. The maximum Gasteiger partial charge on any atom is 0.340 e. The average Bonchev–Trinajstić information content (AvgIpc) is 3.02. The Morgan fingerprint density at radius 1 is 0.704 bits per heavy atom. The fourth-order valence-electron chi connectivity index (χ4n) is 3.94. The Bertz CT molecular complexity index is 1180. The third-order valence-corrected chi connectivity index (χ3v) is 5.18. The van der Waals surface area contributed by atoms with Crippen molar-refractivity contribution >= 4 is 16.7 Å². The molecule has 1 N–H and O–H groups in total. The molecule has 0 aliphatic carbocycles. The molecule has 4 aromatic rings. The van der Waals surface area contributed by atoms with Crippen molar-refractivity contribution in [1.29, 1.82) is 0 Å². The molecule has 0 aromatic heterocycles. The van der Waals surface area contributed by atoms with Crippen molar-refractivity contribution in [3.8, 4) is 5.75 Å². The minimum absolute atomic E-state index is 0.227. The molecule has 0 radical (unpaired) electrons. The lowest BCUT2D eigenvalue weighted by atomic mass is 9.79. The van der Waals surface area contributed by atoms with Gasteiger partial charge in [0.1, 0.15) is 5.75 Å². The molecule has 0 fully saturated rings. The second kappa shape index (κ2) is 5.71. The van der Waals surface area contributed by atoms with Gasteiger partial charge >= 0.3 is 5.97 Å². The summed E-state index contributed by atoms with van der Waals surface area (Å²) in [5.74, 6) is -0.0917. The van der Waals surface area contributed by atoms with Gasteiger partial charge in [-0.15, -0.1) is 0 Å². The van der Waals surface area contributed by atoms with E-state index in [4.69, 9.17) is 4.74 Å².